The van der Waals surface area contributed by atoms with Gasteiger partial charge in [0, 0.05) is 24.9 Å². The topological polar surface area (TPSA) is 87.8 Å². The predicted octanol–water partition coefficient (Wildman–Crippen LogP) is 2.47. The van der Waals surface area contributed by atoms with Gasteiger partial charge in [-0.1, -0.05) is 24.3 Å². The van der Waals surface area contributed by atoms with Crippen LogP contribution in [0.4, 0.5) is 0 Å². The van der Waals surface area contributed by atoms with Gasteiger partial charge in [-0.2, -0.15) is 5.26 Å². The molecule has 6 nitrogen and oxygen atoms in total. The van der Waals surface area contributed by atoms with Gasteiger partial charge in [-0.05, 0) is 35.7 Å². The van der Waals surface area contributed by atoms with Crippen molar-refractivity contribution in [3.8, 4) is 6.07 Å². The van der Waals surface area contributed by atoms with E-state index in [0.29, 0.717) is 36.1 Å². The molecule has 1 aliphatic rings. The van der Waals surface area contributed by atoms with Crippen LogP contribution in [0.1, 0.15) is 43.1 Å². The van der Waals surface area contributed by atoms with Gasteiger partial charge >= 0.3 is 0 Å². The summed E-state index contributed by atoms with van der Waals surface area (Å²) in [5.74, 6) is -0.657. The van der Waals surface area contributed by atoms with Crippen LogP contribution in [-0.4, -0.2) is 21.4 Å². The molecule has 132 valence electrons. The van der Waals surface area contributed by atoms with Crippen LogP contribution in [-0.2, 0) is 19.4 Å². The molecule has 0 atom stereocenters. The lowest BCUT2D eigenvalue weighted by Gasteiger charge is -2.10. The fraction of sp³-hybridized carbons (Fsp3) is 0.143. The molecule has 0 radical (unpaired) electrons. The molecule has 0 saturated carbocycles. The van der Waals surface area contributed by atoms with E-state index in [0.717, 1.165) is 16.8 Å². The molecule has 0 fully saturated rings. The third-order valence-electron chi connectivity index (χ3n) is 4.74. The first-order valence-electron chi connectivity index (χ1n) is 8.61. The molecule has 6 heteroatoms. The van der Waals surface area contributed by atoms with Crippen molar-refractivity contribution < 1.29 is 9.59 Å². The van der Waals surface area contributed by atoms with Gasteiger partial charge in [-0.3, -0.25) is 14.9 Å². The molecular weight excluding hydrogens is 340 g/mol. The number of aryl methyl sites for hydroxylation is 2. The van der Waals surface area contributed by atoms with Gasteiger partial charge in [0.15, 0.2) is 0 Å². The van der Waals surface area contributed by atoms with Gasteiger partial charge in [-0.15, -0.1) is 0 Å². The van der Waals surface area contributed by atoms with Crippen LogP contribution in [0.3, 0.4) is 0 Å². The van der Waals surface area contributed by atoms with Crippen LogP contribution in [0, 0.1) is 11.3 Å². The van der Waals surface area contributed by atoms with Crippen molar-refractivity contribution in [1.82, 2.24) is 14.9 Å². The van der Waals surface area contributed by atoms with Gasteiger partial charge in [0.2, 0.25) is 0 Å². The molecule has 3 aromatic rings. The van der Waals surface area contributed by atoms with Crippen LogP contribution in [0.2, 0.25) is 0 Å². The Morgan fingerprint density at radius 3 is 2.67 bits per heavy atom. The molecule has 0 spiro atoms. The quantitative estimate of drug-likeness (QED) is 0.712. The molecule has 2 heterocycles. The summed E-state index contributed by atoms with van der Waals surface area (Å²) < 4.78 is 2.05. The molecule has 1 N–H and O–H groups in total. The molecule has 2 amide bonds. The third kappa shape index (κ3) is 3.23. The maximum atomic E-state index is 12.0. The van der Waals surface area contributed by atoms with Gasteiger partial charge in [0.05, 0.1) is 29.1 Å². The summed E-state index contributed by atoms with van der Waals surface area (Å²) in [5.41, 5.74) is 4.57. The second-order valence-electron chi connectivity index (χ2n) is 6.44. The number of hydrogen-bond donors (Lipinski definition) is 1. The largest absolute Gasteiger partial charge is 0.334 e. The number of aromatic nitrogens is 2. The van der Waals surface area contributed by atoms with Crippen LogP contribution < -0.4 is 5.32 Å². The molecule has 0 bridgehead atoms. The van der Waals surface area contributed by atoms with Crippen LogP contribution in [0.15, 0.2) is 55.0 Å². The summed E-state index contributed by atoms with van der Waals surface area (Å²) in [6, 6.07) is 15.0. The molecule has 0 saturated heterocycles. The van der Waals surface area contributed by atoms with E-state index in [1.54, 1.807) is 30.6 Å². The third-order valence-corrected chi connectivity index (χ3v) is 4.74. The van der Waals surface area contributed by atoms with Crippen LogP contribution in [0.25, 0.3) is 0 Å². The number of amides is 2. The number of carbonyl (C=O) groups excluding carboxylic acids is 2. The standard InChI is InChI=1S/C21H16N4O2/c22-11-15-6-4-14(5-7-15)10-17-12-23-13-25(17)9-8-16-2-1-3-18-19(16)21(27)24-20(18)26/h1-7,12-13H,8-10H2,(H,24,26,27). The van der Waals surface area contributed by atoms with Crippen LogP contribution in [0.5, 0.6) is 0 Å². The van der Waals surface area contributed by atoms with Crippen LogP contribution >= 0.6 is 0 Å². The number of imidazole rings is 1. The summed E-state index contributed by atoms with van der Waals surface area (Å²) >= 11 is 0. The molecule has 1 aromatic heterocycles. The fourth-order valence-electron chi connectivity index (χ4n) is 3.34. The molecule has 0 unspecified atom stereocenters. The summed E-state index contributed by atoms with van der Waals surface area (Å²) in [7, 11) is 0. The lowest BCUT2D eigenvalue weighted by Crippen LogP contribution is -2.20. The number of nitriles is 1. The zero-order valence-corrected chi connectivity index (χ0v) is 14.5. The lowest BCUT2D eigenvalue weighted by atomic mass is 10.0. The van der Waals surface area contributed by atoms with Crippen molar-refractivity contribution in [2.24, 2.45) is 0 Å². The van der Waals surface area contributed by atoms with Gasteiger partial charge in [0.1, 0.15) is 0 Å². The number of nitrogens with zero attached hydrogens (tertiary/aromatic N) is 3. The van der Waals surface area contributed by atoms with E-state index in [4.69, 9.17) is 5.26 Å². The zero-order valence-electron chi connectivity index (χ0n) is 14.5. The Morgan fingerprint density at radius 1 is 1.07 bits per heavy atom. The first-order valence-corrected chi connectivity index (χ1v) is 8.61. The summed E-state index contributed by atoms with van der Waals surface area (Å²) in [6.07, 6.45) is 4.93. The number of hydrogen-bond acceptors (Lipinski definition) is 4. The average Bonchev–Trinajstić information content (AvgIpc) is 3.25. The van der Waals surface area contributed by atoms with Gasteiger partial charge in [0.25, 0.3) is 11.8 Å². The van der Waals surface area contributed by atoms with Crippen molar-refractivity contribution in [1.29, 1.82) is 5.26 Å². The van der Waals surface area contributed by atoms with E-state index < -0.39 is 0 Å². The first-order chi connectivity index (χ1) is 13.2. The molecule has 2 aromatic carbocycles. The van der Waals surface area contributed by atoms with Crippen molar-refractivity contribution in [3.05, 3.63) is 88.5 Å². The Hall–Kier alpha value is -3.72. The Morgan fingerprint density at radius 2 is 1.89 bits per heavy atom. The first kappa shape index (κ1) is 16.7. The average molecular weight is 356 g/mol. The number of nitrogens with one attached hydrogen (secondary N) is 1. The van der Waals surface area contributed by atoms with E-state index in [-0.39, 0.29) is 11.8 Å². The van der Waals surface area contributed by atoms with E-state index in [9.17, 15) is 9.59 Å². The van der Waals surface area contributed by atoms with Crippen molar-refractivity contribution in [2.75, 3.05) is 0 Å². The summed E-state index contributed by atoms with van der Waals surface area (Å²) in [5, 5.41) is 11.2. The van der Waals surface area contributed by atoms with Crippen molar-refractivity contribution in [3.63, 3.8) is 0 Å². The minimum atomic E-state index is -0.332. The summed E-state index contributed by atoms with van der Waals surface area (Å²) in [4.78, 5) is 28.1. The second kappa shape index (κ2) is 6.89. The summed E-state index contributed by atoms with van der Waals surface area (Å²) in [6.45, 7) is 0.656. The Kier molecular flexibility index (Phi) is 4.27. The van der Waals surface area contributed by atoms with E-state index in [1.807, 2.05) is 29.0 Å². The van der Waals surface area contributed by atoms with Crippen molar-refractivity contribution >= 4 is 11.8 Å². The number of imide groups is 1. The number of carbonyl (C=O) groups is 2. The highest BCUT2D eigenvalue weighted by Gasteiger charge is 2.28. The highest BCUT2D eigenvalue weighted by molar-refractivity contribution is 6.22. The lowest BCUT2D eigenvalue weighted by molar-refractivity contribution is 0.0879. The molecule has 1 aliphatic heterocycles. The highest BCUT2D eigenvalue weighted by Crippen LogP contribution is 2.21. The molecule has 0 aliphatic carbocycles. The molecule has 4 rings (SSSR count). The Bertz CT molecular complexity index is 1070. The van der Waals surface area contributed by atoms with Gasteiger partial charge < -0.3 is 4.57 Å². The smallest absolute Gasteiger partial charge is 0.259 e. The normalized spacial score (nSPS) is 12.6. The SMILES string of the molecule is N#Cc1ccc(Cc2cncn2CCc2cccc3c2C(=O)NC3=O)cc1. The fourth-order valence-corrected chi connectivity index (χ4v) is 3.34. The number of fused-ring (bicyclic) bond motifs is 1. The van der Waals surface area contributed by atoms with Gasteiger partial charge in [-0.25, -0.2) is 4.98 Å². The Labute approximate surface area is 156 Å². The minimum Gasteiger partial charge on any atom is -0.334 e. The van der Waals surface area contributed by atoms with E-state index >= 15 is 0 Å². The van der Waals surface area contributed by atoms with Crippen molar-refractivity contribution in [2.45, 2.75) is 19.4 Å². The predicted molar refractivity (Wildman–Crippen MR) is 98.1 cm³/mol. The van der Waals surface area contributed by atoms with E-state index in [2.05, 4.69) is 16.4 Å². The zero-order chi connectivity index (χ0) is 18.8. The number of benzene rings is 2. The number of rotatable bonds is 5. The second-order valence-corrected chi connectivity index (χ2v) is 6.44. The van der Waals surface area contributed by atoms with E-state index in [1.165, 1.54) is 0 Å². The minimum absolute atomic E-state index is 0.325. The maximum absolute atomic E-state index is 12.0. The Balaban J connectivity index is 1.51. The monoisotopic (exact) mass is 356 g/mol. The highest BCUT2D eigenvalue weighted by atomic mass is 16.2. The molecular formula is C21H16N4O2. The molecule has 27 heavy (non-hydrogen) atoms. The maximum Gasteiger partial charge on any atom is 0.259 e.